The maximum Gasteiger partial charge on any atom is 0.199 e. The van der Waals surface area contributed by atoms with Crippen molar-refractivity contribution in [1.29, 1.82) is 0 Å². The largest absolute Gasteiger partial charge is 0.393 e. The number of hydrogen-bond acceptors (Lipinski definition) is 5. The molecule has 0 radical (unpaired) electrons. The Morgan fingerprint density at radius 3 is 2.14 bits per heavy atom. The Bertz CT molecular complexity index is 494. The predicted octanol–water partition coefficient (Wildman–Crippen LogP) is 3.29. The molecule has 5 heteroatoms. The van der Waals surface area contributed by atoms with Crippen LogP contribution >= 0.6 is 0 Å². The van der Waals surface area contributed by atoms with Crippen LogP contribution in [0.2, 0.25) is 0 Å². The Morgan fingerprint density at radius 1 is 1.23 bits per heavy atom. The zero-order chi connectivity index (χ0) is 16.8. The van der Waals surface area contributed by atoms with E-state index in [-0.39, 0.29) is 11.9 Å². The molecule has 0 amide bonds. The number of carbonyl (C=O) groups excluding carboxylic acids is 1. The molecule has 22 heavy (non-hydrogen) atoms. The van der Waals surface area contributed by atoms with Crippen LogP contribution in [0.3, 0.4) is 0 Å². The lowest BCUT2D eigenvalue weighted by Gasteiger charge is -2.17. The average Bonchev–Trinajstić information content (AvgIpc) is 3.07. The second-order valence-corrected chi connectivity index (χ2v) is 4.18. The SMILES string of the molecule is CC.CN.O=Cc1cc(-c2ccccc2)no1.OC1CCC1. The summed E-state index contributed by atoms with van der Waals surface area (Å²) in [5, 5.41) is 12.2. The first-order valence-corrected chi connectivity index (χ1v) is 7.52. The zero-order valence-electron chi connectivity index (χ0n) is 13.5. The van der Waals surface area contributed by atoms with Crippen molar-refractivity contribution in [3.05, 3.63) is 42.2 Å². The fourth-order valence-electron chi connectivity index (χ4n) is 1.48. The van der Waals surface area contributed by atoms with Crippen LogP contribution in [0.25, 0.3) is 11.3 Å². The maximum atomic E-state index is 10.3. The summed E-state index contributed by atoms with van der Waals surface area (Å²) >= 11 is 0. The highest BCUT2D eigenvalue weighted by Crippen LogP contribution is 2.17. The molecule has 1 heterocycles. The monoisotopic (exact) mass is 306 g/mol. The number of benzene rings is 1. The molecule has 0 bridgehead atoms. The van der Waals surface area contributed by atoms with Gasteiger partial charge in [-0.15, -0.1) is 0 Å². The molecule has 1 aliphatic rings. The Hall–Kier alpha value is -1.98. The van der Waals surface area contributed by atoms with Gasteiger partial charge in [-0.2, -0.15) is 0 Å². The van der Waals surface area contributed by atoms with Crippen LogP contribution in [-0.2, 0) is 0 Å². The van der Waals surface area contributed by atoms with Crippen LogP contribution in [0.5, 0.6) is 0 Å². The number of aromatic nitrogens is 1. The van der Waals surface area contributed by atoms with Gasteiger partial charge >= 0.3 is 0 Å². The molecule has 1 saturated carbocycles. The van der Waals surface area contributed by atoms with E-state index in [1.54, 1.807) is 6.07 Å². The van der Waals surface area contributed by atoms with Crippen LogP contribution in [0.4, 0.5) is 0 Å². The third-order valence-electron chi connectivity index (χ3n) is 2.79. The number of rotatable bonds is 2. The predicted molar refractivity (Wildman–Crippen MR) is 88.6 cm³/mol. The molecule has 0 aliphatic heterocycles. The first-order valence-electron chi connectivity index (χ1n) is 7.52. The Balaban J connectivity index is 0.000000409. The minimum atomic E-state index is 0.0648. The van der Waals surface area contributed by atoms with Gasteiger partial charge < -0.3 is 15.4 Å². The lowest BCUT2D eigenvalue weighted by Crippen LogP contribution is -2.15. The molecule has 122 valence electrons. The maximum absolute atomic E-state index is 10.3. The molecule has 3 rings (SSSR count). The first kappa shape index (κ1) is 20.0. The molecule has 2 aromatic rings. The number of aldehydes is 1. The Labute approximate surface area is 132 Å². The van der Waals surface area contributed by atoms with Crippen molar-refractivity contribution in [2.45, 2.75) is 39.2 Å². The van der Waals surface area contributed by atoms with E-state index in [1.807, 2.05) is 44.2 Å². The molecular weight excluding hydrogens is 280 g/mol. The summed E-state index contributed by atoms with van der Waals surface area (Å²) in [6, 6.07) is 11.2. The van der Waals surface area contributed by atoms with Crippen LogP contribution in [0.1, 0.15) is 43.7 Å². The molecule has 0 saturated heterocycles. The second kappa shape index (κ2) is 12.7. The molecule has 1 aromatic carbocycles. The van der Waals surface area contributed by atoms with Crippen molar-refractivity contribution in [1.82, 2.24) is 5.16 Å². The van der Waals surface area contributed by atoms with Crippen molar-refractivity contribution in [2.24, 2.45) is 5.73 Å². The summed E-state index contributed by atoms with van der Waals surface area (Å²) < 4.78 is 4.75. The van der Waals surface area contributed by atoms with Crippen LogP contribution in [0.15, 0.2) is 40.9 Å². The molecule has 0 unspecified atom stereocenters. The molecule has 1 fully saturated rings. The van der Waals surface area contributed by atoms with Gasteiger partial charge in [0.2, 0.25) is 0 Å². The Kier molecular flexibility index (Phi) is 11.6. The lowest BCUT2D eigenvalue weighted by molar-refractivity contribution is 0.0950. The lowest BCUT2D eigenvalue weighted by atomic mass is 9.97. The van der Waals surface area contributed by atoms with E-state index in [9.17, 15) is 4.79 Å². The van der Waals surface area contributed by atoms with Gasteiger partial charge in [-0.3, -0.25) is 4.79 Å². The van der Waals surface area contributed by atoms with Crippen LogP contribution in [-0.4, -0.2) is 29.7 Å². The van der Waals surface area contributed by atoms with Gasteiger partial charge in [0.15, 0.2) is 12.0 Å². The van der Waals surface area contributed by atoms with Crippen LogP contribution in [0, 0.1) is 0 Å². The normalized spacial score (nSPS) is 12.2. The van der Waals surface area contributed by atoms with Gasteiger partial charge in [0.25, 0.3) is 0 Å². The summed E-state index contributed by atoms with van der Waals surface area (Å²) in [5.74, 6) is 0.249. The number of carbonyl (C=O) groups is 1. The van der Waals surface area contributed by atoms with E-state index in [0.717, 1.165) is 18.4 Å². The quantitative estimate of drug-likeness (QED) is 0.831. The van der Waals surface area contributed by atoms with Crippen molar-refractivity contribution in [3.8, 4) is 11.3 Å². The summed E-state index contributed by atoms with van der Waals surface area (Å²) in [6.45, 7) is 4.00. The third-order valence-corrected chi connectivity index (χ3v) is 2.79. The zero-order valence-corrected chi connectivity index (χ0v) is 13.5. The summed E-state index contributed by atoms with van der Waals surface area (Å²) in [6.07, 6.45) is 4.02. The Morgan fingerprint density at radius 2 is 1.77 bits per heavy atom. The number of hydrogen-bond donors (Lipinski definition) is 2. The molecular formula is C17H26N2O3. The standard InChI is InChI=1S/C10H7NO2.C4H8O.C2H6.CH5N/c12-7-9-6-10(11-13-9)8-4-2-1-3-5-8;5-4-2-1-3-4;2*1-2/h1-7H;4-5H,1-3H2;1-2H3;2H2,1H3. The van der Waals surface area contributed by atoms with Gasteiger partial charge in [0.1, 0.15) is 5.69 Å². The van der Waals surface area contributed by atoms with Gasteiger partial charge in [-0.1, -0.05) is 49.3 Å². The van der Waals surface area contributed by atoms with Crippen molar-refractivity contribution in [3.63, 3.8) is 0 Å². The first-order chi connectivity index (χ1) is 10.8. The van der Waals surface area contributed by atoms with E-state index in [2.05, 4.69) is 10.9 Å². The minimum Gasteiger partial charge on any atom is -0.393 e. The molecule has 0 atom stereocenters. The van der Waals surface area contributed by atoms with Crippen LogP contribution < -0.4 is 5.73 Å². The summed E-state index contributed by atoms with van der Waals surface area (Å²) in [7, 11) is 1.50. The highest BCUT2D eigenvalue weighted by atomic mass is 16.5. The van der Waals surface area contributed by atoms with E-state index in [4.69, 9.17) is 9.63 Å². The van der Waals surface area contributed by atoms with Gasteiger partial charge in [-0.05, 0) is 26.3 Å². The van der Waals surface area contributed by atoms with Crippen molar-refractivity contribution >= 4 is 6.29 Å². The number of aliphatic hydroxyl groups excluding tert-OH is 1. The number of aliphatic hydroxyl groups is 1. The minimum absolute atomic E-state index is 0.0648. The summed E-state index contributed by atoms with van der Waals surface area (Å²) in [5.41, 5.74) is 6.13. The second-order valence-electron chi connectivity index (χ2n) is 4.18. The number of nitrogens with zero attached hydrogens (tertiary/aromatic N) is 1. The van der Waals surface area contributed by atoms with Gasteiger partial charge in [0, 0.05) is 11.6 Å². The van der Waals surface area contributed by atoms with E-state index in [0.29, 0.717) is 12.0 Å². The smallest absolute Gasteiger partial charge is 0.199 e. The number of nitrogens with two attached hydrogens (primary N) is 1. The third kappa shape index (κ3) is 7.15. The molecule has 0 spiro atoms. The van der Waals surface area contributed by atoms with Gasteiger partial charge in [-0.25, -0.2) is 0 Å². The van der Waals surface area contributed by atoms with E-state index < -0.39 is 0 Å². The van der Waals surface area contributed by atoms with Crippen molar-refractivity contribution in [2.75, 3.05) is 7.05 Å². The fourth-order valence-corrected chi connectivity index (χ4v) is 1.48. The highest BCUT2D eigenvalue weighted by molar-refractivity contribution is 5.73. The highest BCUT2D eigenvalue weighted by Gasteiger charge is 2.11. The molecule has 1 aromatic heterocycles. The molecule has 5 nitrogen and oxygen atoms in total. The molecule has 3 N–H and O–H groups in total. The van der Waals surface area contributed by atoms with Gasteiger partial charge in [0.05, 0.1) is 6.10 Å². The fraction of sp³-hybridized carbons (Fsp3) is 0.412. The molecule has 1 aliphatic carbocycles. The summed E-state index contributed by atoms with van der Waals surface area (Å²) in [4.78, 5) is 10.3. The average molecular weight is 306 g/mol. The van der Waals surface area contributed by atoms with E-state index >= 15 is 0 Å². The topological polar surface area (TPSA) is 89.4 Å². The van der Waals surface area contributed by atoms with E-state index in [1.165, 1.54) is 13.5 Å². The van der Waals surface area contributed by atoms with Crippen molar-refractivity contribution < 1.29 is 14.4 Å².